The Morgan fingerprint density at radius 2 is 1.22 bits per heavy atom. The Balaban J connectivity index is 0.000000195. The van der Waals surface area contributed by atoms with E-state index in [4.69, 9.17) is 0 Å². The average Bonchev–Trinajstić information content (AvgIpc) is 3.42. The number of hydrogen-bond acceptors (Lipinski definition) is 1. The van der Waals surface area contributed by atoms with Gasteiger partial charge in [-0.15, -0.1) is 29.8 Å². The van der Waals surface area contributed by atoms with Crippen LogP contribution in [0.3, 0.4) is 0 Å². The van der Waals surface area contributed by atoms with Crippen molar-refractivity contribution in [2.45, 2.75) is 6.04 Å². The van der Waals surface area contributed by atoms with Crippen LogP contribution >= 0.6 is 0 Å². The molecule has 4 aromatic carbocycles. The van der Waals surface area contributed by atoms with Gasteiger partial charge in [-0.1, -0.05) is 18.3 Å². The first-order chi connectivity index (χ1) is 12.9. The summed E-state index contributed by atoms with van der Waals surface area (Å²) in [6, 6.07) is 38.5. The molecule has 0 aliphatic heterocycles. The monoisotopic (exact) mass is 425 g/mol. The van der Waals surface area contributed by atoms with Crippen molar-refractivity contribution in [2.24, 2.45) is 4.99 Å². The Labute approximate surface area is 181 Å². The molecular formula is C25H21NZr. The zero-order valence-corrected chi connectivity index (χ0v) is 17.5. The number of benzene rings is 2. The molecular weight excluding hydrogens is 406 g/mol. The third kappa shape index (κ3) is 7.00. The molecule has 0 radical (unpaired) electrons. The van der Waals surface area contributed by atoms with E-state index in [9.17, 15) is 0 Å². The molecule has 0 aromatic heterocycles. The molecule has 0 spiro atoms. The molecule has 1 aliphatic rings. The SMILES string of the molecule is [C-](=NC1[CH-]c2ccccc21)c1ccccc1.[Zr+4].c1cc[cH-]c1.c1cc[cH-]c1. The molecule has 130 valence electrons. The van der Waals surface area contributed by atoms with Crippen LogP contribution in [0.25, 0.3) is 0 Å². The first kappa shape index (κ1) is 20.9. The quantitative estimate of drug-likeness (QED) is 0.271. The summed E-state index contributed by atoms with van der Waals surface area (Å²) in [5.41, 5.74) is 3.62. The summed E-state index contributed by atoms with van der Waals surface area (Å²) in [4.78, 5) is 4.44. The minimum Gasteiger partial charge on any atom is -0.372 e. The summed E-state index contributed by atoms with van der Waals surface area (Å²) in [5.74, 6) is 0. The predicted octanol–water partition coefficient (Wildman–Crippen LogP) is 6.10. The summed E-state index contributed by atoms with van der Waals surface area (Å²) >= 11 is 0. The van der Waals surface area contributed by atoms with Crippen molar-refractivity contribution >= 4 is 6.21 Å². The summed E-state index contributed by atoms with van der Waals surface area (Å²) < 4.78 is 0. The molecule has 1 unspecified atom stereocenters. The Hall–Kier alpha value is -2.44. The minimum absolute atomic E-state index is 0. The van der Waals surface area contributed by atoms with Crippen molar-refractivity contribution in [3.8, 4) is 0 Å². The summed E-state index contributed by atoms with van der Waals surface area (Å²) in [5, 5.41) is 0. The average molecular weight is 427 g/mol. The largest absolute Gasteiger partial charge is 4.00 e. The Bertz CT molecular complexity index is 801. The Morgan fingerprint density at radius 3 is 1.74 bits per heavy atom. The molecule has 1 nitrogen and oxygen atoms in total. The number of aliphatic imine (C=N–C) groups is 1. The fourth-order valence-electron chi connectivity index (χ4n) is 2.50. The molecule has 4 aromatic rings. The third-order valence-electron chi connectivity index (χ3n) is 3.87. The third-order valence-corrected chi connectivity index (χ3v) is 3.87. The zero-order chi connectivity index (χ0) is 17.9. The summed E-state index contributed by atoms with van der Waals surface area (Å²) in [6.45, 7) is 0. The van der Waals surface area contributed by atoms with Crippen molar-refractivity contribution in [1.29, 1.82) is 0 Å². The molecule has 0 saturated heterocycles. The van der Waals surface area contributed by atoms with E-state index in [1.807, 2.05) is 91.0 Å². The number of fused-ring (bicyclic) bond motifs is 1. The molecule has 2 heteroatoms. The normalized spacial score (nSPS) is 13.4. The predicted molar refractivity (Wildman–Crippen MR) is 110 cm³/mol. The fraction of sp³-hybridized carbons (Fsp3) is 0.0400. The number of rotatable bonds is 2. The smallest absolute Gasteiger partial charge is 0.372 e. The molecule has 0 N–H and O–H groups in total. The molecule has 1 aliphatic carbocycles. The van der Waals surface area contributed by atoms with Gasteiger partial charge in [0.1, 0.15) is 0 Å². The standard InChI is InChI=1S/C15H11N.2C5H5.Zr/c1-2-6-12(7-3-1)11-16-15-10-13-8-4-5-9-14(13)15;2*1-2-4-5-3-1;/h1-10,15H;2*1-5H;/q-2;2*-1;+4. The van der Waals surface area contributed by atoms with Crippen LogP contribution in [-0.2, 0) is 26.2 Å². The van der Waals surface area contributed by atoms with Crippen LogP contribution in [-0.4, -0.2) is 6.21 Å². The van der Waals surface area contributed by atoms with Gasteiger partial charge in [0.15, 0.2) is 0 Å². The van der Waals surface area contributed by atoms with Gasteiger partial charge in [-0.2, -0.15) is 72.1 Å². The van der Waals surface area contributed by atoms with Crippen LogP contribution in [0.1, 0.15) is 22.7 Å². The fourth-order valence-corrected chi connectivity index (χ4v) is 2.50. The molecule has 1 atom stereocenters. The molecule has 0 heterocycles. The van der Waals surface area contributed by atoms with E-state index in [2.05, 4.69) is 41.9 Å². The van der Waals surface area contributed by atoms with Gasteiger partial charge >= 0.3 is 26.2 Å². The van der Waals surface area contributed by atoms with Gasteiger partial charge in [-0.3, -0.25) is 0 Å². The number of nitrogens with zero attached hydrogens (tertiary/aromatic N) is 1. The van der Waals surface area contributed by atoms with E-state index in [-0.39, 0.29) is 32.2 Å². The van der Waals surface area contributed by atoms with Crippen molar-refractivity contribution in [3.63, 3.8) is 0 Å². The second kappa shape index (κ2) is 12.0. The van der Waals surface area contributed by atoms with Gasteiger partial charge in [-0.25, -0.2) is 24.3 Å². The Kier molecular flexibility index (Phi) is 9.31. The topological polar surface area (TPSA) is 12.4 Å². The molecule has 5 rings (SSSR count). The van der Waals surface area contributed by atoms with Gasteiger partial charge in [0, 0.05) is 0 Å². The van der Waals surface area contributed by atoms with E-state index >= 15 is 0 Å². The minimum atomic E-state index is 0. The van der Waals surface area contributed by atoms with Crippen LogP contribution in [0, 0.1) is 6.42 Å². The molecule has 0 saturated carbocycles. The molecule has 27 heavy (non-hydrogen) atoms. The second-order valence-electron chi connectivity index (χ2n) is 5.77. The van der Waals surface area contributed by atoms with E-state index < -0.39 is 0 Å². The summed E-state index contributed by atoms with van der Waals surface area (Å²) in [7, 11) is 0. The van der Waals surface area contributed by atoms with Crippen LogP contribution in [0.5, 0.6) is 0 Å². The molecule has 0 bridgehead atoms. The van der Waals surface area contributed by atoms with Crippen molar-refractivity contribution in [1.82, 2.24) is 0 Å². The van der Waals surface area contributed by atoms with Crippen LogP contribution in [0.15, 0.2) is 120 Å². The summed E-state index contributed by atoms with van der Waals surface area (Å²) in [6.07, 6.45) is 5.24. The Morgan fingerprint density at radius 1 is 0.667 bits per heavy atom. The van der Waals surface area contributed by atoms with Gasteiger partial charge in [0.25, 0.3) is 0 Å². The van der Waals surface area contributed by atoms with E-state index in [0.29, 0.717) is 0 Å². The molecule has 0 fully saturated rings. The maximum absolute atomic E-state index is 4.44. The van der Waals surface area contributed by atoms with Crippen LogP contribution in [0.4, 0.5) is 0 Å². The van der Waals surface area contributed by atoms with Gasteiger partial charge < -0.3 is 4.99 Å². The van der Waals surface area contributed by atoms with Crippen molar-refractivity contribution in [3.05, 3.63) is 138 Å². The van der Waals surface area contributed by atoms with E-state index in [1.165, 1.54) is 11.1 Å². The van der Waals surface area contributed by atoms with E-state index in [0.717, 1.165) is 5.56 Å². The van der Waals surface area contributed by atoms with Gasteiger partial charge in [0.05, 0.1) is 0 Å². The van der Waals surface area contributed by atoms with Crippen LogP contribution < -0.4 is 0 Å². The first-order valence-corrected chi connectivity index (χ1v) is 8.71. The van der Waals surface area contributed by atoms with Gasteiger partial charge in [0.2, 0.25) is 0 Å². The first-order valence-electron chi connectivity index (χ1n) is 8.71. The van der Waals surface area contributed by atoms with E-state index in [1.54, 1.807) is 0 Å². The maximum atomic E-state index is 4.44. The molecule has 0 amide bonds. The maximum Gasteiger partial charge on any atom is 4.00 e. The van der Waals surface area contributed by atoms with Crippen LogP contribution in [0.2, 0.25) is 0 Å². The van der Waals surface area contributed by atoms with Crippen molar-refractivity contribution in [2.75, 3.05) is 0 Å². The number of hydrogen-bond donors (Lipinski definition) is 0. The zero-order valence-electron chi connectivity index (χ0n) is 15.1. The van der Waals surface area contributed by atoms with Gasteiger partial charge in [-0.05, 0) is 6.04 Å². The van der Waals surface area contributed by atoms with Crippen molar-refractivity contribution < 1.29 is 26.2 Å². The second-order valence-corrected chi connectivity index (χ2v) is 5.77.